The first-order valence-electron chi connectivity index (χ1n) is 6.32. The summed E-state index contributed by atoms with van der Waals surface area (Å²) in [6, 6.07) is 6.04. The van der Waals surface area contributed by atoms with Crippen LogP contribution in [-0.2, 0) is 12.8 Å². The van der Waals surface area contributed by atoms with Gasteiger partial charge >= 0.3 is 0 Å². The molecule has 0 bridgehead atoms. The molecule has 6 heteroatoms. The summed E-state index contributed by atoms with van der Waals surface area (Å²) in [6.07, 6.45) is 3.42. The first kappa shape index (κ1) is 14.8. The maximum atomic E-state index is 5.63. The van der Waals surface area contributed by atoms with Crippen molar-refractivity contribution in [2.45, 2.75) is 18.9 Å². The molecular weight excluding hydrogens is 274 g/mol. The number of rotatable bonds is 7. The van der Waals surface area contributed by atoms with Crippen molar-refractivity contribution in [1.29, 1.82) is 0 Å². The Morgan fingerprint density at radius 2 is 2.05 bits per heavy atom. The van der Waals surface area contributed by atoms with Gasteiger partial charge in [0.15, 0.2) is 11.5 Å². The van der Waals surface area contributed by atoms with E-state index < -0.39 is 0 Å². The molecule has 0 saturated carbocycles. The molecule has 0 radical (unpaired) electrons. The van der Waals surface area contributed by atoms with Crippen LogP contribution in [0.15, 0.2) is 29.8 Å². The summed E-state index contributed by atoms with van der Waals surface area (Å²) in [5.74, 6) is 7.10. The van der Waals surface area contributed by atoms with Crippen molar-refractivity contribution in [3.8, 4) is 11.5 Å². The second kappa shape index (κ2) is 7.23. The van der Waals surface area contributed by atoms with Gasteiger partial charge < -0.3 is 9.47 Å². The van der Waals surface area contributed by atoms with Gasteiger partial charge in [-0.2, -0.15) is 0 Å². The summed E-state index contributed by atoms with van der Waals surface area (Å²) in [4.78, 5) is 4.28. The zero-order valence-electron chi connectivity index (χ0n) is 11.6. The second-order valence-corrected chi connectivity index (χ2v) is 5.37. The number of nitrogens with zero attached hydrogens (tertiary/aromatic N) is 1. The predicted octanol–water partition coefficient (Wildman–Crippen LogP) is 1.78. The van der Waals surface area contributed by atoms with Crippen LogP contribution in [0.1, 0.15) is 10.6 Å². The Bertz CT molecular complexity index is 531. The van der Waals surface area contributed by atoms with E-state index in [1.165, 1.54) is 0 Å². The number of hydrogen-bond donors (Lipinski definition) is 2. The molecule has 0 aliphatic rings. The van der Waals surface area contributed by atoms with Crippen molar-refractivity contribution in [3.05, 3.63) is 40.3 Å². The fourth-order valence-electron chi connectivity index (χ4n) is 2.05. The molecule has 108 valence electrons. The minimum absolute atomic E-state index is 0.138. The number of nitrogens with one attached hydrogen (secondary N) is 1. The maximum Gasteiger partial charge on any atom is 0.160 e. The minimum atomic E-state index is 0.138. The van der Waals surface area contributed by atoms with Crippen molar-refractivity contribution in [3.63, 3.8) is 0 Å². The van der Waals surface area contributed by atoms with Crippen LogP contribution in [0.4, 0.5) is 0 Å². The highest BCUT2D eigenvalue weighted by Gasteiger charge is 2.12. The summed E-state index contributed by atoms with van der Waals surface area (Å²) in [5, 5.41) is 3.05. The maximum absolute atomic E-state index is 5.63. The first-order chi connectivity index (χ1) is 9.76. The van der Waals surface area contributed by atoms with Gasteiger partial charge in [0, 0.05) is 24.0 Å². The number of benzene rings is 1. The molecular formula is C14H19N3O2S. The zero-order valence-corrected chi connectivity index (χ0v) is 12.4. The molecule has 0 fully saturated rings. The fourth-order valence-corrected chi connectivity index (χ4v) is 2.74. The standard InChI is InChI=1S/C14H19N3O2S/c1-18-12-4-3-10(8-13(12)19-2)7-11(17-15)9-14-16-5-6-20-14/h3-6,8,11,17H,7,9,15H2,1-2H3. The van der Waals surface area contributed by atoms with E-state index >= 15 is 0 Å². The van der Waals surface area contributed by atoms with E-state index in [1.54, 1.807) is 25.6 Å². The molecule has 1 aromatic carbocycles. The smallest absolute Gasteiger partial charge is 0.160 e. The summed E-state index contributed by atoms with van der Waals surface area (Å²) in [6.45, 7) is 0. The number of hydrazine groups is 1. The molecule has 0 saturated heterocycles. The number of hydrogen-bond acceptors (Lipinski definition) is 6. The van der Waals surface area contributed by atoms with Crippen molar-refractivity contribution in [2.24, 2.45) is 5.84 Å². The molecule has 5 nitrogen and oxygen atoms in total. The van der Waals surface area contributed by atoms with Crippen LogP contribution in [-0.4, -0.2) is 25.2 Å². The monoisotopic (exact) mass is 293 g/mol. The lowest BCUT2D eigenvalue weighted by atomic mass is 10.0. The third-order valence-electron chi connectivity index (χ3n) is 3.07. The highest BCUT2D eigenvalue weighted by molar-refractivity contribution is 7.09. The Balaban J connectivity index is 2.07. The molecule has 2 aromatic rings. The van der Waals surface area contributed by atoms with Crippen LogP contribution in [0.5, 0.6) is 11.5 Å². The van der Waals surface area contributed by atoms with Gasteiger partial charge in [0.1, 0.15) is 0 Å². The lowest BCUT2D eigenvalue weighted by Crippen LogP contribution is -2.38. The molecule has 20 heavy (non-hydrogen) atoms. The van der Waals surface area contributed by atoms with E-state index in [0.717, 1.165) is 34.9 Å². The normalized spacial score (nSPS) is 12.2. The third kappa shape index (κ3) is 3.69. The third-order valence-corrected chi connectivity index (χ3v) is 3.87. The molecule has 3 N–H and O–H groups in total. The highest BCUT2D eigenvalue weighted by Crippen LogP contribution is 2.28. The molecule has 2 rings (SSSR count). The SMILES string of the molecule is COc1ccc(CC(Cc2nccs2)NN)cc1OC. The molecule has 0 amide bonds. The highest BCUT2D eigenvalue weighted by atomic mass is 32.1. The molecule has 0 aliphatic heterocycles. The van der Waals surface area contributed by atoms with Crippen LogP contribution in [0, 0.1) is 0 Å². The van der Waals surface area contributed by atoms with Gasteiger partial charge in [0.25, 0.3) is 0 Å². The van der Waals surface area contributed by atoms with E-state index in [0.29, 0.717) is 0 Å². The van der Waals surface area contributed by atoms with Gasteiger partial charge in [-0.1, -0.05) is 6.07 Å². The predicted molar refractivity (Wildman–Crippen MR) is 80.2 cm³/mol. The number of aromatic nitrogens is 1. The van der Waals surface area contributed by atoms with Crippen LogP contribution >= 0.6 is 11.3 Å². The van der Waals surface area contributed by atoms with Gasteiger partial charge in [0.05, 0.1) is 19.2 Å². The fraction of sp³-hybridized carbons (Fsp3) is 0.357. The quantitative estimate of drug-likeness (QED) is 0.601. The molecule has 1 unspecified atom stereocenters. The summed E-state index contributed by atoms with van der Waals surface area (Å²) >= 11 is 1.64. The van der Waals surface area contributed by atoms with Gasteiger partial charge in [-0.25, -0.2) is 4.98 Å². The van der Waals surface area contributed by atoms with E-state index in [2.05, 4.69) is 10.4 Å². The number of thiazole rings is 1. The van der Waals surface area contributed by atoms with Crippen molar-refractivity contribution < 1.29 is 9.47 Å². The summed E-state index contributed by atoms with van der Waals surface area (Å²) < 4.78 is 10.5. The lowest BCUT2D eigenvalue weighted by Gasteiger charge is -2.16. The van der Waals surface area contributed by atoms with Crippen molar-refractivity contribution >= 4 is 11.3 Å². The average molecular weight is 293 g/mol. The Labute approximate surface area is 122 Å². The number of nitrogens with two attached hydrogens (primary N) is 1. The van der Waals surface area contributed by atoms with Gasteiger partial charge in [0.2, 0.25) is 0 Å². The number of methoxy groups -OCH3 is 2. The summed E-state index contributed by atoms with van der Waals surface area (Å²) in [5.41, 5.74) is 3.99. The molecule has 0 aliphatic carbocycles. The lowest BCUT2D eigenvalue weighted by molar-refractivity contribution is 0.354. The molecule has 0 spiro atoms. The van der Waals surface area contributed by atoms with Gasteiger partial charge in [-0.05, 0) is 24.1 Å². The van der Waals surface area contributed by atoms with Crippen molar-refractivity contribution in [1.82, 2.24) is 10.4 Å². The van der Waals surface area contributed by atoms with E-state index in [-0.39, 0.29) is 6.04 Å². The second-order valence-electron chi connectivity index (χ2n) is 4.39. The van der Waals surface area contributed by atoms with Crippen LogP contribution in [0.3, 0.4) is 0 Å². The van der Waals surface area contributed by atoms with Crippen LogP contribution in [0.2, 0.25) is 0 Å². The average Bonchev–Trinajstić information content (AvgIpc) is 2.99. The Morgan fingerprint density at radius 1 is 1.25 bits per heavy atom. The van der Waals surface area contributed by atoms with E-state index in [9.17, 15) is 0 Å². The molecule has 1 heterocycles. The minimum Gasteiger partial charge on any atom is -0.493 e. The van der Waals surface area contributed by atoms with E-state index in [1.807, 2.05) is 29.8 Å². The number of ether oxygens (including phenoxy) is 2. The topological polar surface area (TPSA) is 69.4 Å². The Morgan fingerprint density at radius 3 is 2.65 bits per heavy atom. The van der Waals surface area contributed by atoms with Crippen molar-refractivity contribution in [2.75, 3.05) is 14.2 Å². The Hall–Kier alpha value is -1.63. The summed E-state index contributed by atoms with van der Waals surface area (Å²) in [7, 11) is 3.26. The van der Waals surface area contributed by atoms with Gasteiger partial charge in [-0.3, -0.25) is 11.3 Å². The molecule has 1 aromatic heterocycles. The Kier molecular flexibility index (Phi) is 5.34. The van der Waals surface area contributed by atoms with Crippen LogP contribution in [0.25, 0.3) is 0 Å². The first-order valence-corrected chi connectivity index (χ1v) is 7.20. The van der Waals surface area contributed by atoms with E-state index in [4.69, 9.17) is 15.3 Å². The largest absolute Gasteiger partial charge is 0.493 e. The molecule has 1 atom stereocenters. The van der Waals surface area contributed by atoms with Gasteiger partial charge in [-0.15, -0.1) is 11.3 Å². The van der Waals surface area contributed by atoms with Crippen LogP contribution < -0.4 is 20.7 Å². The zero-order chi connectivity index (χ0) is 14.4.